The Balaban J connectivity index is 0.000000197. The van der Waals surface area contributed by atoms with Gasteiger partial charge in [-0.05, 0) is 194 Å². The Morgan fingerprint density at radius 2 is 0.526 bits per heavy atom. The van der Waals surface area contributed by atoms with Crippen LogP contribution in [0, 0.1) is 0 Å². The van der Waals surface area contributed by atoms with Gasteiger partial charge in [0, 0.05) is 9.79 Å². The maximum Gasteiger partial charge on any atom is 0.179 e. The summed E-state index contributed by atoms with van der Waals surface area (Å²) < 4.78 is 17.9. The van der Waals surface area contributed by atoms with Gasteiger partial charge in [-0.3, -0.25) is 0 Å². The zero-order chi connectivity index (χ0) is 57.2. The van der Waals surface area contributed by atoms with Crippen molar-refractivity contribution in [2.75, 3.05) is 0 Å². The monoisotopic (exact) mass is 1070 g/mol. The zero-order valence-corrected chi connectivity index (χ0v) is 52.3. The second-order valence-corrected chi connectivity index (χ2v) is 31.5. The normalized spacial score (nSPS) is 12.3. The van der Waals surface area contributed by atoms with E-state index in [4.69, 9.17) is 14.2 Å². The number of benzene rings is 8. The van der Waals surface area contributed by atoms with Crippen LogP contribution in [-0.2, 0) is 22.7 Å². The first-order valence-corrected chi connectivity index (χ1v) is 30.7. The molecule has 0 aliphatic rings. The third-order valence-corrected chi connectivity index (χ3v) is 18.9. The first-order valence-electron chi connectivity index (χ1n) is 27.8. The molecule has 0 aliphatic carbocycles. The summed E-state index contributed by atoms with van der Waals surface area (Å²) in [5.41, 5.74) is 6.76. The highest BCUT2D eigenvalue weighted by molar-refractivity contribution is 7.99. The Kier molecular flexibility index (Phi) is 19.7. The first kappa shape index (κ1) is 60.9. The van der Waals surface area contributed by atoms with Crippen LogP contribution in [0.25, 0.3) is 0 Å². The fraction of sp³-hybridized carbons (Fsp3) is 0.342. The topological polar surface area (TPSA) is 27.7 Å². The van der Waals surface area contributed by atoms with E-state index in [0.717, 1.165) is 23.7 Å². The summed E-state index contributed by atoms with van der Waals surface area (Å²) in [5, 5.41) is 5.51. The van der Waals surface area contributed by atoms with Crippen LogP contribution in [0.15, 0.2) is 216 Å². The first-order chi connectivity index (χ1) is 36.4. The molecule has 0 N–H and O–H groups in total. The van der Waals surface area contributed by atoms with E-state index < -0.39 is 8.07 Å². The zero-order valence-electron chi connectivity index (χ0n) is 50.5. The summed E-state index contributed by atoms with van der Waals surface area (Å²) in [6, 6.07) is 74.8. The summed E-state index contributed by atoms with van der Waals surface area (Å²) in [5.74, 6) is 2.75. The molecule has 0 radical (unpaired) electrons. The Bertz CT molecular complexity index is 2890. The number of rotatable bonds is 11. The van der Waals surface area contributed by atoms with Gasteiger partial charge in [-0.1, -0.05) is 220 Å². The average molecular weight is 1080 g/mol. The molecule has 0 aliphatic heterocycles. The third-order valence-electron chi connectivity index (χ3n) is 13.1. The SMILES string of the molecule is CC(C)(C)Oc1ccc(Cc2ccc(C(C)(C)C)cc2)cc1.CC(C)(C)Oc1ccc(Sc2ccc(C(C)(C)C)cc2)cc1.CC(C)(C)Oc1ccc([Si](c2ccccc2)(c2ccccc2)c2ccc(C(C)(C)C)cc2)cc1. The molecule has 5 heteroatoms. The van der Waals surface area contributed by atoms with E-state index in [0.29, 0.717) is 0 Å². The highest BCUT2D eigenvalue weighted by Gasteiger charge is 2.41. The molecule has 0 fully saturated rings. The fourth-order valence-electron chi connectivity index (χ4n) is 9.20. The van der Waals surface area contributed by atoms with Crippen LogP contribution in [0.2, 0.25) is 0 Å². The lowest BCUT2D eigenvalue weighted by molar-refractivity contribution is 0.130. The molecule has 0 bridgehead atoms. The Morgan fingerprint density at radius 1 is 0.282 bits per heavy atom. The second kappa shape index (κ2) is 25.2. The molecule has 8 aromatic rings. The molecule has 0 atom stereocenters. The lowest BCUT2D eigenvalue weighted by Gasteiger charge is -2.35. The van der Waals surface area contributed by atoms with Crippen molar-refractivity contribution < 1.29 is 14.2 Å². The molecule has 8 aromatic carbocycles. The van der Waals surface area contributed by atoms with Gasteiger partial charge in [-0.15, -0.1) is 0 Å². The molecule has 0 saturated heterocycles. The van der Waals surface area contributed by atoms with Gasteiger partial charge in [0.2, 0.25) is 0 Å². The van der Waals surface area contributed by atoms with Crippen molar-refractivity contribution in [2.45, 2.75) is 174 Å². The van der Waals surface area contributed by atoms with Crippen LogP contribution in [0.4, 0.5) is 0 Å². The van der Waals surface area contributed by atoms with Crippen LogP contribution >= 0.6 is 11.8 Å². The van der Waals surface area contributed by atoms with Crippen molar-refractivity contribution in [1.82, 2.24) is 0 Å². The van der Waals surface area contributed by atoms with E-state index >= 15 is 0 Å². The van der Waals surface area contributed by atoms with E-state index in [1.54, 1.807) is 11.8 Å². The summed E-state index contributed by atoms with van der Waals surface area (Å²) >= 11 is 1.78. The fourth-order valence-corrected chi connectivity index (χ4v) is 14.7. The molecule has 0 unspecified atom stereocenters. The molecule has 8 rings (SSSR count). The Morgan fingerprint density at radius 3 is 0.846 bits per heavy atom. The minimum absolute atomic E-state index is 0.119. The van der Waals surface area contributed by atoms with Crippen molar-refractivity contribution in [2.24, 2.45) is 0 Å². The summed E-state index contributed by atoms with van der Waals surface area (Å²) in [4.78, 5) is 2.49. The average Bonchev–Trinajstić information content (AvgIpc) is 3.53. The molecule has 78 heavy (non-hydrogen) atoms. The van der Waals surface area contributed by atoms with Crippen molar-refractivity contribution in [3.05, 3.63) is 234 Å². The van der Waals surface area contributed by atoms with Gasteiger partial charge in [-0.2, -0.15) is 0 Å². The third kappa shape index (κ3) is 18.1. The highest BCUT2D eigenvalue weighted by Crippen LogP contribution is 2.32. The Hall–Kier alpha value is -6.27. The number of hydrogen-bond acceptors (Lipinski definition) is 4. The van der Waals surface area contributed by atoms with E-state index in [1.807, 2.05) is 12.1 Å². The lowest BCUT2D eigenvalue weighted by atomic mass is 9.86. The van der Waals surface area contributed by atoms with Crippen LogP contribution in [-0.4, -0.2) is 24.9 Å². The van der Waals surface area contributed by atoms with Crippen LogP contribution in [0.3, 0.4) is 0 Å². The highest BCUT2D eigenvalue weighted by atomic mass is 32.2. The quantitative estimate of drug-likeness (QED) is 0.0953. The summed E-state index contributed by atoms with van der Waals surface area (Å²) in [6.45, 7) is 38.9. The van der Waals surface area contributed by atoms with Crippen LogP contribution in [0.1, 0.15) is 152 Å². The standard InChI is InChI=1S/C32H36OSi.C21H28O.C20H26OS/c1-31(2,3)25-17-21-29(22-18-25)34(27-13-9-7-10-14-27,28-15-11-8-12-16-28)30-23-19-26(20-24-30)33-32(4,5)6;1-20(2,3)18-11-7-16(8-12-18)15-17-9-13-19(14-10-17)22-21(4,5)6;1-19(2,3)15-7-11-17(12-8-15)22-18-13-9-16(10-14-18)21-20(4,5)6/h7-24H,1-6H3;7-14H,15H2,1-6H3;7-14H,1-6H3. The number of ether oxygens (including phenoxy) is 3. The van der Waals surface area contributed by atoms with Gasteiger partial charge < -0.3 is 14.2 Å². The van der Waals surface area contributed by atoms with Gasteiger partial charge in [0.05, 0.1) is 0 Å². The van der Waals surface area contributed by atoms with Crippen LogP contribution < -0.4 is 35.0 Å². The maximum atomic E-state index is 6.16. The minimum Gasteiger partial charge on any atom is -0.488 e. The Labute approximate surface area is 477 Å². The van der Waals surface area contributed by atoms with Crippen molar-refractivity contribution in [3.8, 4) is 17.2 Å². The van der Waals surface area contributed by atoms with Gasteiger partial charge in [-0.25, -0.2) is 0 Å². The van der Waals surface area contributed by atoms with Crippen molar-refractivity contribution >= 4 is 40.6 Å². The van der Waals surface area contributed by atoms with Crippen molar-refractivity contribution in [3.63, 3.8) is 0 Å². The van der Waals surface area contributed by atoms with E-state index in [2.05, 4.69) is 319 Å². The molecule has 3 nitrogen and oxygen atoms in total. The van der Waals surface area contributed by atoms with Crippen LogP contribution in [0.5, 0.6) is 17.2 Å². The largest absolute Gasteiger partial charge is 0.488 e. The van der Waals surface area contributed by atoms with E-state index in [1.165, 1.54) is 58.4 Å². The van der Waals surface area contributed by atoms with E-state index in [9.17, 15) is 0 Å². The molecule has 0 heterocycles. The number of hydrogen-bond donors (Lipinski definition) is 0. The van der Waals surface area contributed by atoms with Gasteiger partial charge >= 0.3 is 0 Å². The second-order valence-electron chi connectivity index (χ2n) is 26.6. The molecule has 410 valence electrons. The molecular formula is C73H90O3SSi. The summed E-state index contributed by atoms with van der Waals surface area (Å²) in [6.07, 6.45) is 0.959. The van der Waals surface area contributed by atoms with E-state index in [-0.39, 0.29) is 33.0 Å². The molecule has 0 spiro atoms. The predicted octanol–water partition coefficient (Wildman–Crippen LogP) is 17.6. The van der Waals surface area contributed by atoms with Crippen molar-refractivity contribution in [1.29, 1.82) is 0 Å². The van der Waals surface area contributed by atoms with Gasteiger partial charge in [0.25, 0.3) is 0 Å². The maximum absolute atomic E-state index is 6.16. The molecule has 0 amide bonds. The minimum atomic E-state index is -2.52. The van der Waals surface area contributed by atoms with Gasteiger partial charge in [0.1, 0.15) is 34.1 Å². The lowest BCUT2D eigenvalue weighted by Crippen LogP contribution is -2.74. The van der Waals surface area contributed by atoms with Gasteiger partial charge in [0.15, 0.2) is 8.07 Å². The molecule has 0 saturated carbocycles. The summed E-state index contributed by atoms with van der Waals surface area (Å²) in [7, 11) is -2.52. The molecular weight excluding hydrogens is 985 g/mol. The predicted molar refractivity (Wildman–Crippen MR) is 340 cm³/mol. The smallest absolute Gasteiger partial charge is 0.179 e. The molecule has 0 aromatic heterocycles.